The highest BCUT2D eigenvalue weighted by atomic mass is 79.9. The summed E-state index contributed by atoms with van der Waals surface area (Å²) in [5, 5.41) is 10.1. The SMILES string of the molecule is Cc1cc(-c2ccco2)c(C#N)c(SCC(=O)c2ccc(Br)cc2)n1. The fraction of sp³-hybridized carbons (Fsp3) is 0.105. The van der Waals surface area contributed by atoms with Crippen LogP contribution in [0.5, 0.6) is 0 Å². The van der Waals surface area contributed by atoms with Crippen molar-refractivity contribution < 1.29 is 9.21 Å². The van der Waals surface area contributed by atoms with Crippen LogP contribution in [0.1, 0.15) is 21.6 Å². The molecular weight excluding hydrogens is 400 g/mol. The average Bonchev–Trinajstić information content (AvgIpc) is 3.14. The number of carbonyl (C=O) groups is 1. The first-order valence-electron chi connectivity index (χ1n) is 7.45. The van der Waals surface area contributed by atoms with Gasteiger partial charge in [-0.05, 0) is 37.3 Å². The van der Waals surface area contributed by atoms with E-state index in [1.807, 2.05) is 25.1 Å². The van der Waals surface area contributed by atoms with E-state index in [1.54, 1.807) is 30.5 Å². The third kappa shape index (κ3) is 4.01. The summed E-state index contributed by atoms with van der Waals surface area (Å²) < 4.78 is 6.34. The molecule has 0 aliphatic rings. The summed E-state index contributed by atoms with van der Waals surface area (Å²) in [6.07, 6.45) is 1.57. The van der Waals surface area contributed by atoms with Gasteiger partial charge in [-0.3, -0.25) is 4.79 Å². The largest absolute Gasteiger partial charge is 0.464 e. The standard InChI is InChI=1S/C19H13BrN2O2S/c1-12-9-15(18-3-2-8-24-18)16(10-21)19(22-12)25-11-17(23)13-4-6-14(20)7-5-13/h2-9H,11H2,1H3. The van der Waals surface area contributed by atoms with Crippen molar-refractivity contribution in [2.24, 2.45) is 0 Å². The zero-order valence-electron chi connectivity index (χ0n) is 13.3. The molecular formula is C19H13BrN2O2S. The van der Waals surface area contributed by atoms with Crippen molar-refractivity contribution in [2.45, 2.75) is 11.9 Å². The van der Waals surface area contributed by atoms with E-state index in [0.717, 1.165) is 10.2 Å². The summed E-state index contributed by atoms with van der Waals surface area (Å²) in [6.45, 7) is 1.86. The Morgan fingerprint density at radius 3 is 2.72 bits per heavy atom. The molecule has 6 heteroatoms. The summed E-state index contributed by atoms with van der Waals surface area (Å²) >= 11 is 4.62. The number of aromatic nitrogens is 1. The van der Waals surface area contributed by atoms with Crippen molar-refractivity contribution in [3.05, 3.63) is 70.0 Å². The first kappa shape index (κ1) is 17.5. The Morgan fingerprint density at radius 2 is 2.08 bits per heavy atom. The first-order valence-corrected chi connectivity index (χ1v) is 9.23. The van der Waals surface area contributed by atoms with Crippen LogP contribution >= 0.6 is 27.7 Å². The van der Waals surface area contributed by atoms with Gasteiger partial charge in [0, 0.05) is 21.3 Å². The van der Waals surface area contributed by atoms with Crippen molar-refractivity contribution in [3.8, 4) is 17.4 Å². The Kier molecular flexibility index (Phi) is 5.37. The van der Waals surface area contributed by atoms with Gasteiger partial charge in [0.05, 0.1) is 17.6 Å². The normalized spacial score (nSPS) is 10.4. The van der Waals surface area contributed by atoms with Crippen LogP contribution in [0, 0.1) is 18.3 Å². The number of thioether (sulfide) groups is 1. The van der Waals surface area contributed by atoms with Crippen LogP contribution in [0.4, 0.5) is 0 Å². The second kappa shape index (κ2) is 7.68. The van der Waals surface area contributed by atoms with Crippen LogP contribution in [0.25, 0.3) is 11.3 Å². The summed E-state index contributed by atoms with van der Waals surface area (Å²) in [5.41, 5.74) is 2.52. The predicted octanol–water partition coefficient (Wildman–Crippen LogP) is 5.26. The quantitative estimate of drug-likeness (QED) is 0.422. The molecule has 25 heavy (non-hydrogen) atoms. The lowest BCUT2D eigenvalue weighted by atomic mass is 10.1. The van der Waals surface area contributed by atoms with Gasteiger partial charge in [-0.25, -0.2) is 4.98 Å². The number of nitriles is 1. The monoisotopic (exact) mass is 412 g/mol. The molecule has 0 aliphatic heterocycles. The van der Waals surface area contributed by atoms with Gasteiger partial charge in [-0.1, -0.05) is 39.8 Å². The number of nitrogens with zero attached hydrogens (tertiary/aromatic N) is 2. The van der Waals surface area contributed by atoms with Crippen molar-refractivity contribution in [1.29, 1.82) is 5.26 Å². The lowest BCUT2D eigenvalue weighted by Crippen LogP contribution is -2.03. The van der Waals surface area contributed by atoms with Crippen LogP contribution in [-0.2, 0) is 0 Å². The minimum absolute atomic E-state index is 0.00996. The molecule has 0 N–H and O–H groups in total. The highest BCUT2D eigenvalue weighted by molar-refractivity contribution is 9.10. The fourth-order valence-corrected chi connectivity index (χ4v) is 3.54. The number of pyridine rings is 1. The Balaban J connectivity index is 1.86. The summed E-state index contributed by atoms with van der Waals surface area (Å²) in [4.78, 5) is 16.8. The van der Waals surface area contributed by atoms with Gasteiger partial charge in [0.25, 0.3) is 0 Å². The van der Waals surface area contributed by atoms with Gasteiger partial charge in [0.1, 0.15) is 16.9 Å². The maximum Gasteiger partial charge on any atom is 0.173 e. The second-order valence-electron chi connectivity index (χ2n) is 5.30. The highest BCUT2D eigenvalue weighted by Crippen LogP contribution is 2.31. The predicted molar refractivity (Wildman–Crippen MR) is 101 cm³/mol. The van der Waals surface area contributed by atoms with E-state index >= 15 is 0 Å². The molecule has 2 aromatic heterocycles. The zero-order chi connectivity index (χ0) is 17.8. The first-order chi connectivity index (χ1) is 12.1. The molecule has 0 atom stereocenters. The van der Waals surface area contributed by atoms with E-state index in [4.69, 9.17) is 4.42 Å². The van der Waals surface area contributed by atoms with E-state index < -0.39 is 0 Å². The number of rotatable bonds is 5. The molecule has 0 fully saturated rings. The molecule has 3 rings (SSSR count). The van der Waals surface area contributed by atoms with E-state index in [0.29, 0.717) is 27.5 Å². The third-order valence-corrected chi connectivity index (χ3v) is 5.02. The van der Waals surface area contributed by atoms with Crippen molar-refractivity contribution in [1.82, 2.24) is 4.98 Å². The molecule has 0 saturated heterocycles. The van der Waals surface area contributed by atoms with Gasteiger partial charge in [-0.15, -0.1) is 0 Å². The Hall–Kier alpha value is -2.36. The molecule has 124 valence electrons. The molecule has 0 saturated carbocycles. The molecule has 4 nitrogen and oxygen atoms in total. The lowest BCUT2D eigenvalue weighted by Gasteiger charge is -2.08. The Bertz CT molecular complexity index is 945. The van der Waals surface area contributed by atoms with E-state index in [1.165, 1.54) is 11.8 Å². The molecule has 1 aromatic carbocycles. The number of hydrogen-bond donors (Lipinski definition) is 0. The molecule has 0 radical (unpaired) electrons. The van der Waals surface area contributed by atoms with E-state index in [9.17, 15) is 10.1 Å². The number of Topliss-reactive ketones (excluding diaryl/α,β-unsaturated/α-hetero) is 1. The lowest BCUT2D eigenvalue weighted by molar-refractivity contribution is 0.102. The highest BCUT2D eigenvalue weighted by Gasteiger charge is 2.17. The maximum atomic E-state index is 12.4. The number of benzene rings is 1. The number of ketones is 1. The average molecular weight is 413 g/mol. The number of aryl methyl sites for hydroxylation is 1. The van der Waals surface area contributed by atoms with Crippen LogP contribution in [0.3, 0.4) is 0 Å². The third-order valence-electron chi connectivity index (χ3n) is 3.52. The minimum Gasteiger partial charge on any atom is -0.464 e. The summed E-state index contributed by atoms with van der Waals surface area (Å²) in [5.74, 6) is 0.817. The number of carbonyl (C=O) groups excluding carboxylic acids is 1. The molecule has 3 aromatic rings. The topological polar surface area (TPSA) is 66.9 Å². The second-order valence-corrected chi connectivity index (χ2v) is 7.18. The van der Waals surface area contributed by atoms with Gasteiger partial charge in [-0.2, -0.15) is 5.26 Å². The number of halogens is 1. The smallest absolute Gasteiger partial charge is 0.173 e. The van der Waals surface area contributed by atoms with Gasteiger partial charge in [0.2, 0.25) is 0 Å². The van der Waals surface area contributed by atoms with Crippen LogP contribution in [-0.4, -0.2) is 16.5 Å². The van der Waals surface area contributed by atoms with Crippen molar-refractivity contribution in [2.75, 3.05) is 5.75 Å². The van der Waals surface area contributed by atoms with Gasteiger partial charge < -0.3 is 4.42 Å². The van der Waals surface area contributed by atoms with Gasteiger partial charge in [0.15, 0.2) is 5.78 Å². The van der Waals surface area contributed by atoms with Crippen molar-refractivity contribution >= 4 is 33.5 Å². The van der Waals surface area contributed by atoms with Crippen LogP contribution in [0.2, 0.25) is 0 Å². The Morgan fingerprint density at radius 1 is 1.32 bits per heavy atom. The van der Waals surface area contributed by atoms with E-state index in [-0.39, 0.29) is 11.5 Å². The van der Waals surface area contributed by atoms with Crippen molar-refractivity contribution in [3.63, 3.8) is 0 Å². The molecule has 0 amide bonds. The molecule has 0 bridgehead atoms. The summed E-state index contributed by atoms with van der Waals surface area (Å²) in [6, 6.07) is 14.8. The minimum atomic E-state index is -0.00996. The van der Waals surface area contributed by atoms with Gasteiger partial charge >= 0.3 is 0 Å². The molecule has 0 spiro atoms. The number of hydrogen-bond acceptors (Lipinski definition) is 5. The molecule has 0 unspecified atom stereocenters. The van der Waals surface area contributed by atoms with Crippen LogP contribution < -0.4 is 0 Å². The number of furan rings is 1. The molecule has 0 aliphatic carbocycles. The summed E-state index contributed by atoms with van der Waals surface area (Å²) in [7, 11) is 0. The maximum absolute atomic E-state index is 12.4. The van der Waals surface area contributed by atoms with Crippen LogP contribution in [0.15, 0.2) is 62.6 Å². The molecule has 2 heterocycles. The fourth-order valence-electron chi connectivity index (χ4n) is 2.34. The zero-order valence-corrected chi connectivity index (χ0v) is 15.7. The van der Waals surface area contributed by atoms with E-state index in [2.05, 4.69) is 27.0 Å². The Labute approximate surface area is 158 Å².